The van der Waals surface area contributed by atoms with Crippen LogP contribution in [0.4, 0.5) is 0 Å². The lowest BCUT2D eigenvalue weighted by molar-refractivity contribution is 0.539. The maximum absolute atomic E-state index is 11.7. The molecule has 0 radical (unpaired) electrons. The molecule has 1 aliphatic rings. The van der Waals surface area contributed by atoms with Crippen LogP contribution in [0.25, 0.3) is 0 Å². The highest BCUT2D eigenvalue weighted by Crippen LogP contribution is 2.18. The van der Waals surface area contributed by atoms with Gasteiger partial charge in [0.05, 0.1) is 10.7 Å². The zero-order valence-corrected chi connectivity index (χ0v) is 12.1. The number of nitrogens with one attached hydrogen (secondary N) is 2. The van der Waals surface area contributed by atoms with E-state index in [9.17, 15) is 8.42 Å². The third-order valence-electron chi connectivity index (χ3n) is 3.02. The van der Waals surface area contributed by atoms with Gasteiger partial charge in [0.1, 0.15) is 0 Å². The Hall–Kier alpha value is -0.500. The quantitative estimate of drug-likeness (QED) is 0.830. The van der Waals surface area contributed by atoms with Crippen LogP contribution in [-0.4, -0.2) is 26.0 Å². The summed E-state index contributed by atoms with van der Waals surface area (Å²) in [4.78, 5) is 4.30. The standard InChI is InChI=1S/C11H19N3O2S2/c1-9-13-11(8-17-9)6-7-12-18(15,16)14-10-4-2-3-5-10/h8,10,12,14H,2-7H2,1H3. The Labute approximate surface area is 112 Å². The normalized spacial score (nSPS) is 17.4. The Morgan fingerprint density at radius 2 is 2.17 bits per heavy atom. The Morgan fingerprint density at radius 3 is 2.78 bits per heavy atom. The molecule has 102 valence electrons. The van der Waals surface area contributed by atoms with E-state index in [1.165, 1.54) is 0 Å². The molecule has 0 atom stereocenters. The van der Waals surface area contributed by atoms with Crippen molar-refractivity contribution in [1.82, 2.24) is 14.4 Å². The van der Waals surface area contributed by atoms with Crippen LogP contribution in [-0.2, 0) is 16.6 Å². The summed E-state index contributed by atoms with van der Waals surface area (Å²) in [6.45, 7) is 2.34. The first-order chi connectivity index (χ1) is 8.55. The molecule has 0 saturated heterocycles. The molecule has 7 heteroatoms. The van der Waals surface area contributed by atoms with Crippen LogP contribution < -0.4 is 9.44 Å². The van der Waals surface area contributed by atoms with Crippen molar-refractivity contribution in [2.45, 2.75) is 45.1 Å². The van der Waals surface area contributed by atoms with Crippen LogP contribution in [0.3, 0.4) is 0 Å². The Morgan fingerprint density at radius 1 is 1.44 bits per heavy atom. The molecule has 1 saturated carbocycles. The average molecular weight is 289 g/mol. The van der Waals surface area contributed by atoms with Crippen LogP contribution in [0.15, 0.2) is 5.38 Å². The lowest BCUT2D eigenvalue weighted by atomic mass is 10.3. The van der Waals surface area contributed by atoms with E-state index in [0.29, 0.717) is 13.0 Å². The molecular weight excluding hydrogens is 270 g/mol. The molecule has 1 aromatic heterocycles. The predicted molar refractivity (Wildman–Crippen MR) is 72.9 cm³/mol. The average Bonchev–Trinajstić information content (AvgIpc) is 2.89. The van der Waals surface area contributed by atoms with Gasteiger partial charge in [0.15, 0.2) is 0 Å². The molecule has 18 heavy (non-hydrogen) atoms. The van der Waals surface area contributed by atoms with Crippen LogP contribution in [0, 0.1) is 6.92 Å². The number of rotatable bonds is 6. The highest BCUT2D eigenvalue weighted by Gasteiger charge is 2.20. The zero-order valence-electron chi connectivity index (χ0n) is 10.5. The van der Waals surface area contributed by atoms with Gasteiger partial charge in [0, 0.05) is 24.4 Å². The second-order valence-corrected chi connectivity index (χ2v) is 7.20. The van der Waals surface area contributed by atoms with E-state index < -0.39 is 10.2 Å². The minimum Gasteiger partial charge on any atom is -0.247 e. The van der Waals surface area contributed by atoms with Gasteiger partial charge in [-0.15, -0.1) is 11.3 Å². The van der Waals surface area contributed by atoms with Gasteiger partial charge in [-0.1, -0.05) is 12.8 Å². The third kappa shape index (κ3) is 4.31. The fraction of sp³-hybridized carbons (Fsp3) is 0.727. The highest BCUT2D eigenvalue weighted by molar-refractivity contribution is 7.87. The molecule has 0 amide bonds. The molecule has 1 aliphatic carbocycles. The van der Waals surface area contributed by atoms with Gasteiger partial charge in [-0.05, 0) is 19.8 Å². The summed E-state index contributed by atoms with van der Waals surface area (Å²) in [6, 6.07) is 0.115. The molecule has 0 bridgehead atoms. The predicted octanol–water partition coefficient (Wildman–Crippen LogP) is 1.36. The molecule has 2 rings (SSSR count). The highest BCUT2D eigenvalue weighted by atomic mass is 32.2. The SMILES string of the molecule is Cc1nc(CCNS(=O)(=O)NC2CCCC2)cs1. The molecule has 0 aliphatic heterocycles. The van der Waals surface area contributed by atoms with Gasteiger partial charge in [0.25, 0.3) is 10.2 Å². The van der Waals surface area contributed by atoms with E-state index >= 15 is 0 Å². The lowest BCUT2D eigenvalue weighted by Crippen LogP contribution is -2.42. The first-order valence-electron chi connectivity index (χ1n) is 6.23. The molecular formula is C11H19N3O2S2. The molecule has 1 aromatic rings. The van der Waals surface area contributed by atoms with Gasteiger partial charge < -0.3 is 0 Å². The molecule has 0 aromatic carbocycles. The third-order valence-corrected chi connectivity index (χ3v) is 5.07. The minimum atomic E-state index is -3.35. The summed E-state index contributed by atoms with van der Waals surface area (Å²) in [7, 11) is -3.35. The smallest absolute Gasteiger partial charge is 0.247 e. The number of aryl methyl sites for hydroxylation is 1. The Balaban J connectivity index is 1.74. The summed E-state index contributed by atoms with van der Waals surface area (Å²) in [5.74, 6) is 0. The Bertz CT molecular complexity index is 478. The van der Waals surface area contributed by atoms with Crippen LogP contribution in [0.2, 0.25) is 0 Å². The van der Waals surface area contributed by atoms with Gasteiger partial charge in [-0.25, -0.2) is 9.71 Å². The van der Waals surface area contributed by atoms with Gasteiger partial charge >= 0.3 is 0 Å². The van der Waals surface area contributed by atoms with Crippen molar-refractivity contribution in [1.29, 1.82) is 0 Å². The molecule has 2 N–H and O–H groups in total. The Kier molecular flexibility index (Phi) is 4.71. The fourth-order valence-electron chi connectivity index (χ4n) is 2.14. The van der Waals surface area contributed by atoms with E-state index in [4.69, 9.17) is 0 Å². The van der Waals surface area contributed by atoms with E-state index in [2.05, 4.69) is 14.4 Å². The maximum Gasteiger partial charge on any atom is 0.277 e. The maximum atomic E-state index is 11.7. The van der Waals surface area contributed by atoms with Crippen LogP contribution in [0.1, 0.15) is 36.4 Å². The molecule has 1 fully saturated rings. The summed E-state index contributed by atoms with van der Waals surface area (Å²) in [6.07, 6.45) is 4.77. The van der Waals surface area contributed by atoms with Crippen molar-refractivity contribution < 1.29 is 8.42 Å². The number of thiazole rings is 1. The van der Waals surface area contributed by atoms with E-state index in [-0.39, 0.29) is 6.04 Å². The summed E-state index contributed by atoms with van der Waals surface area (Å²) in [5, 5.41) is 2.98. The lowest BCUT2D eigenvalue weighted by Gasteiger charge is -2.12. The van der Waals surface area contributed by atoms with Crippen LogP contribution >= 0.6 is 11.3 Å². The summed E-state index contributed by atoms with van der Waals surface area (Å²) < 4.78 is 28.7. The van der Waals surface area contributed by atoms with Crippen LogP contribution in [0.5, 0.6) is 0 Å². The van der Waals surface area contributed by atoms with Crippen molar-refractivity contribution >= 4 is 21.5 Å². The molecule has 1 heterocycles. The van der Waals surface area contributed by atoms with Crippen molar-refractivity contribution in [2.24, 2.45) is 0 Å². The molecule has 5 nitrogen and oxygen atoms in total. The largest absolute Gasteiger partial charge is 0.277 e. The number of hydrogen-bond donors (Lipinski definition) is 2. The first-order valence-corrected chi connectivity index (χ1v) is 8.59. The van der Waals surface area contributed by atoms with Crippen molar-refractivity contribution in [3.05, 3.63) is 16.1 Å². The number of nitrogens with zero attached hydrogens (tertiary/aromatic N) is 1. The van der Waals surface area contributed by atoms with Crippen molar-refractivity contribution in [2.75, 3.05) is 6.54 Å². The topological polar surface area (TPSA) is 71.1 Å². The van der Waals surface area contributed by atoms with Crippen molar-refractivity contribution in [3.63, 3.8) is 0 Å². The van der Waals surface area contributed by atoms with Gasteiger partial charge in [-0.3, -0.25) is 0 Å². The zero-order chi connectivity index (χ0) is 13.0. The number of aromatic nitrogens is 1. The molecule has 0 unspecified atom stereocenters. The summed E-state index contributed by atoms with van der Waals surface area (Å²) >= 11 is 1.58. The second-order valence-electron chi connectivity index (χ2n) is 4.60. The van der Waals surface area contributed by atoms with Gasteiger partial charge in [-0.2, -0.15) is 13.1 Å². The van der Waals surface area contributed by atoms with Crippen molar-refractivity contribution in [3.8, 4) is 0 Å². The second kappa shape index (κ2) is 6.10. The van der Waals surface area contributed by atoms with E-state index in [1.54, 1.807) is 11.3 Å². The minimum absolute atomic E-state index is 0.115. The fourth-order valence-corrected chi connectivity index (χ4v) is 3.92. The monoisotopic (exact) mass is 289 g/mol. The molecule has 0 spiro atoms. The van der Waals surface area contributed by atoms with Gasteiger partial charge in [0.2, 0.25) is 0 Å². The number of hydrogen-bond acceptors (Lipinski definition) is 4. The summed E-state index contributed by atoms with van der Waals surface area (Å²) in [5.41, 5.74) is 0.945. The van der Waals surface area contributed by atoms with E-state index in [0.717, 1.165) is 36.4 Å². The van der Waals surface area contributed by atoms with E-state index in [1.807, 2.05) is 12.3 Å². The first kappa shape index (κ1) is 13.9.